The zero-order valence-electron chi connectivity index (χ0n) is 12.3. The molecule has 1 aromatic heterocycles. The zero-order chi connectivity index (χ0) is 13.9. The van der Waals surface area contributed by atoms with Crippen molar-refractivity contribution in [2.45, 2.75) is 25.8 Å². The quantitative estimate of drug-likeness (QED) is 0.926. The minimum atomic E-state index is 0.497. The van der Waals surface area contributed by atoms with E-state index in [1.807, 2.05) is 12.4 Å². The summed E-state index contributed by atoms with van der Waals surface area (Å²) in [4.78, 5) is 6.64. The standard InChI is InChI=1S/C17H23N3/c1-13(15-6-4-10-20(2)12-15)19-17-7-3-5-14-11-18-9-8-16(14)17/h3,5,7-9,11,13,15,19H,4,6,10,12H2,1-2H3. The Hall–Kier alpha value is -1.61. The first-order valence-corrected chi connectivity index (χ1v) is 7.52. The molecule has 2 unspecified atom stereocenters. The number of aromatic nitrogens is 1. The topological polar surface area (TPSA) is 28.2 Å². The van der Waals surface area contributed by atoms with Gasteiger partial charge < -0.3 is 10.2 Å². The van der Waals surface area contributed by atoms with E-state index < -0.39 is 0 Å². The van der Waals surface area contributed by atoms with Crippen molar-refractivity contribution in [2.75, 3.05) is 25.5 Å². The highest BCUT2D eigenvalue weighted by Crippen LogP contribution is 2.26. The Kier molecular flexibility index (Phi) is 3.88. The molecule has 0 radical (unpaired) electrons. The Morgan fingerprint density at radius 3 is 3.10 bits per heavy atom. The van der Waals surface area contributed by atoms with E-state index in [1.165, 1.54) is 42.4 Å². The second kappa shape index (κ2) is 5.80. The number of anilines is 1. The zero-order valence-corrected chi connectivity index (χ0v) is 12.3. The molecule has 20 heavy (non-hydrogen) atoms. The van der Waals surface area contributed by atoms with Crippen molar-refractivity contribution in [1.29, 1.82) is 0 Å². The predicted octanol–water partition coefficient (Wildman–Crippen LogP) is 3.38. The maximum atomic E-state index is 4.20. The fraction of sp³-hybridized carbons (Fsp3) is 0.471. The molecule has 0 aliphatic carbocycles. The van der Waals surface area contributed by atoms with Crippen molar-refractivity contribution in [3.8, 4) is 0 Å². The predicted molar refractivity (Wildman–Crippen MR) is 85.0 cm³/mol. The van der Waals surface area contributed by atoms with E-state index in [2.05, 4.69) is 53.4 Å². The monoisotopic (exact) mass is 269 g/mol. The minimum Gasteiger partial charge on any atom is -0.382 e. The van der Waals surface area contributed by atoms with Crippen molar-refractivity contribution >= 4 is 16.5 Å². The second-order valence-corrected chi connectivity index (χ2v) is 6.00. The lowest BCUT2D eigenvalue weighted by Gasteiger charge is -2.34. The summed E-state index contributed by atoms with van der Waals surface area (Å²) in [5, 5.41) is 6.18. The van der Waals surface area contributed by atoms with Crippen LogP contribution in [0.15, 0.2) is 36.7 Å². The van der Waals surface area contributed by atoms with Gasteiger partial charge in [0.15, 0.2) is 0 Å². The fourth-order valence-electron chi connectivity index (χ4n) is 3.23. The number of hydrogen-bond acceptors (Lipinski definition) is 3. The van der Waals surface area contributed by atoms with E-state index in [0.29, 0.717) is 6.04 Å². The fourth-order valence-corrected chi connectivity index (χ4v) is 3.23. The van der Waals surface area contributed by atoms with E-state index in [-0.39, 0.29) is 0 Å². The first-order chi connectivity index (χ1) is 9.74. The van der Waals surface area contributed by atoms with Crippen LogP contribution in [0, 0.1) is 5.92 Å². The van der Waals surface area contributed by atoms with Crippen LogP contribution in [0.3, 0.4) is 0 Å². The first-order valence-electron chi connectivity index (χ1n) is 7.52. The third-order valence-electron chi connectivity index (χ3n) is 4.43. The Labute approximate surface area is 121 Å². The summed E-state index contributed by atoms with van der Waals surface area (Å²) in [5.41, 5.74) is 1.23. The van der Waals surface area contributed by atoms with Crippen LogP contribution < -0.4 is 5.32 Å². The number of benzene rings is 1. The molecule has 3 rings (SSSR count). The smallest absolute Gasteiger partial charge is 0.0423 e. The largest absolute Gasteiger partial charge is 0.382 e. The van der Waals surface area contributed by atoms with E-state index in [1.54, 1.807) is 0 Å². The molecule has 2 heterocycles. The van der Waals surface area contributed by atoms with Gasteiger partial charge in [0.25, 0.3) is 0 Å². The number of nitrogens with one attached hydrogen (secondary N) is 1. The van der Waals surface area contributed by atoms with Crippen molar-refractivity contribution in [3.63, 3.8) is 0 Å². The van der Waals surface area contributed by atoms with E-state index in [9.17, 15) is 0 Å². The van der Waals surface area contributed by atoms with Crippen LogP contribution in [-0.4, -0.2) is 36.1 Å². The highest BCUT2D eigenvalue weighted by Gasteiger charge is 2.22. The summed E-state index contributed by atoms with van der Waals surface area (Å²) in [7, 11) is 2.22. The van der Waals surface area contributed by atoms with E-state index in [0.717, 1.165) is 5.92 Å². The van der Waals surface area contributed by atoms with Crippen molar-refractivity contribution in [1.82, 2.24) is 9.88 Å². The molecule has 1 fully saturated rings. The third-order valence-corrected chi connectivity index (χ3v) is 4.43. The van der Waals surface area contributed by atoms with Gasteiger partial charge in [-0.2, -0.15) is 0 Å². The van der Waals surface area contributed by atoms with Gasteiger partial charge in [0.05, 0.1) is 0 Å². The van der Waals surface area contributed by atoms with Crippen LogP contribution in [0.2, 0.25) is 0 Å². The highest BCUT2D eigenvalue weighted by molar-refractivity contribution is 5.93. The average Bonchev–Trinajstić information content (AvgIpc) is 2.47. The molecule has 3 nitrogen and oxygen atoms in total. The lowest BCUT2D eigenvalue weighted by molar-refractivity contribution is 0.198. The maximum Gasteiger partial charge on any atom is 0.0423 e. The van der Waals surface area contributed by atoms with Gasteiger partial charge in [0.2, 0.25) is 0 Å². The molecule has 0 spiro atoms. The van der Waals surface area contributed by atoms with Gasteiger partial charge in [0.1, 0.15) is 0 Å². The summed E-state index contributed by atoms with van der Waals surface area (Å²) in [5.74, 6) is 0.728. The Morgan fingerprint density at radius 1 is 1.35 bits per heavy atom. The number of rotatable bonds is 3. The average molecular weight is 269 g/mol. The van der Waals surface area contributed by atoms with Crippen molar-refractivity contribution in [3.05, 3.63) is 36.7 Å². The van der Waals surface area contributed by atoms with Gasteiger partial charge in [0, 0.05) is 41.4 Å². The molecule has 0 saturated carbocycles. The van der Waals surface area contributed by atoms with Crippen LogP contribution in [-0.2, 0) is 0 Å². The number of hydrogen-bond donors (Lipinski definition) is 1. The van der Waals surface area contributed by atoms with Gasteiger partial charge in [-0.1, -0.05) is 12.1 Å². The van der Waals surface area contributed by atoms with Crippen molar-refractivity contribution < 1.29 is 0 Å². The van der Waals surface area contributed by atoms with Gasteiger partial charge in [-0.25, -0.2) is 0 Å². The lowest BCUT2D eigenvalue weighted by Crippen LogP contribution is -2.39. The maximum absolute atomic E-state index is 4.20. The Balaban J connectivity index is 1.78. The van der Waals surface area contributed by atoms with Crippen LogP contribution in [0.5, 0.6) is 0 Å². The molecule has 106 valence electrons. The van der Waals surface area contributed by atoms with Crippen LogP contribution in [0.4, 0.5) is 5.69 Å². The number of pyridine rings is 1. The van der Waals surface area contributed by atoms with E-state index in [4.69, 9.17) is 0 Å². The summed E-state index contributed by atoms with van der Waals surface area (Å²) >= 11 is 0. The molecule has 0 amide bonds. The molecule has 2 atom stereocenters. The lowest BCUT2D eigenvalue weighted by atomic mass is 9.91. The molecule has 1 aromatic carbocycles. The van der Waals surface area contributed by atoms with Gasteiger partial charge in [-0.05, 0) is 51.4 Å². The molecule has 1 N–H and O–H groups in total. The summed E-state index contributed by atoms with van der Waals surface area (Å²) in [6.07, 6.45) is 6.43. The van der Waals surface area contributed by atoms with E-state index >= 15 is 0 Å². The third kappa shape index (κ3) is 2.78. The molecular formula is C17H23N3. The first kappa shape index (κ1) is 13.4. The molecule has 1 saturated heterocycles. The number of piperidine rings is 1. The molecule has 3 heteroatoms. The van der Waals surface area contributed by atoms with Crippen LogP contribution in [0.1, 0.15) is 19.8 Å². The molecule has 1 aliphatic rings. The number of fused-ring (bicyclic) bond motifs is 1. The SMILES string of the molecule is CC(Nc1cccc2cnccc12)C1CCCN(C)C1. The van der Waals surface area contributed by atoms with Crippen LogP contribution >= 0.6 is 0 Å². The number of nitrogens with zero attached hydrogens (tertiary/aromatic N) is 2. The van der Waals surface area contributed by atoms with Crippen LogP contribution in [0.25, 0.3) is 10.8 Å². The highest BCUT2D eigenvalue weighted by atomic mass is 15.1. The summed E-state index contributed by atoms with van der Waals surface area (Å²) < 4.78 is 0. The molecule has 0 bridgehead atoms. The van der Waals surface area contributed by atoms with Gasteiger partial charge >= 0.3 is 0 Å². The normalized spacial score (nSPS) is 21.8. The Bertz CT molecular complexity index is 576. The van der Waals surface area contributed by atoms with Gasteiger partial charge in [-0.3, -0.25) is 4.98 Å². The summed E-state index contributed by atoms with van der Waals surface area (Å²) in [6, 6.07) is 8.98. The molecular weight excluding hydrogens is 246 g/mol. The minimum absolute atomic E-state index is 0.497. The summed E-state index contributed by atoms with van der Waals surface area (Å²) in [6.45, 7) is 4.74. The second-order valence-electron chi connectivity index (χ2n) is 6.00. The molecule has 2 aromatic rings. The molecule has 1 aliphatic heterocycles. The van der Waals surface area contributed by atoms with Gasteiger partial charge in [-0.15, -0.1) is 0 Å². The number of likely N-dealkylation sites (tertiary alicyclic amines) is 1. The van der Waals surface area contributed by atoms with Crippen molar-refractivity contribution in [2.24, 2.45) is 5.92 Å². The Morgan fingerprint density at radius 2 is 2.25 bits per heavy atom.